The van der Waals surface area contributed by atoms with Crippen LogP contribution in [0.3, 0.4) is 0 Å². The normalized spacial score (nSPS) is 29.8. The molecule has 2 aliphatic rings. The molecule has 2 saturated carbocycles. The van der Waals surface area contributed by atoms with Crippen LogP contribution in [0.5, 0.6) is 0 Å². The molecule has 0 radical (unpaired) electrons. The maximum atomic E-state index is 10.8. The van der Waals surface area contributed by atoms with Crippen LogP contribution in [0.1, 0.15) is 26.7 Å². The maximum absolute atomic E-state index is 10.8. The van der Waals surface area contributed by atoms with Crippen molar-refractivity contribution in [1.82, 2.24) is 0 Å². The van der Waals surface area contributed by atoms with Gasteiger partial charge in [-0.15, -0.1) is 0 Å². The van der Waals surface area contributed by atoms with Crippen LogP contribution in [0.2, 0.25) is 0 Å². The van der Waals surface area contributed by atoms with Crippen LogP contribution in [0.25, 0.3) is 0 Å². The highest BCUT2D eigenvalue weighted by atomic mass is 16.5. The molecule has 20 heavy (non-hydrogen) atoms. The summed E-state index contributed by atoms with van der Waals surface area (Å²) >= 11 is 0. The van der Waals surface area contributed by atoms with Crippen molar-refractivity contribution in [2.75, 3.05) is 26.4 Å². The van der Waals surface area contributed by atoms with Crippen molar-refractivity contribution >= 4 is 11.9 Å². The van der Waals surface area contributed by atoms with Gasteiger partial charge in [0.2, 0.25) is 0 Å². The van der Waals surface area contributed by atoms with Crippen LogP contribution in [0.15, 0.2) is 0 Å². The number of ether oxygens (including phenoxy) is 2. The highest BCUT2D eigenvalue weighted by Gasteiger charge is 2.44. The van der Waals surface area contributed by atoms with E-state index in [1.165, 1.54) is 0 Å². The van der Waals surface area contributed by atoms with E-state index < -0.39 is 0 Å². The van der Waals surface area contributed by atoms with Gasteiger partial charge in [0, 0.05) is 13.2 Å². The fraction of sp³-hybridized carbons (Fsp3) is 0.857. The Morgan fingerprint density at radius 2 is 1.25 bits per heavy atom. The zero-order chi connectivity index (χ0) is 15.1. The number of aliphatic hydroxyl groups excluding tert-OH is 2. The minimum atomic E-state index is -0.151. The van der Waals surface area contributed by atoms with Crippen LogP contribution in [-0.2, 0) is 19.1 Å². The van der Waals surface area contributed by atoms with Gasteiger partial charge in [-0.25, -0.2) is 0 Å². The predicted octanol–water partition coefficient (Wildman–Crippen LogP) is 0.356. The molecule has 0 bridgehead atoms. The summed E-state index contributed by atoms with van der Waals surface area (Å²) in [6.07, 6.45) is 1.60. The fourth-order valence-electron chi connectivity index (χ4n) is 1.97. The van der Waals surface area contributed by atoms with Crippen LogP contribution < -0.4 is 0 Å². The second-order valence-corrected chi connectivity index (χ2v) is 5.07. The molecule has 6 heteroatoms. The third-order valence-electron chi connectivity index (χ3n) is 3.49. The Morgan fingerprint density at radius 3 is 1.45 bits per heavy atom. The number of carbonyl (C=O) groups excluding carboxylic acids is 2. The first kappa shape index (κ1) is 16.9. The van der Waals surface area contributed by atoms with Crippen LogP contribution in [-0.4, -0.2) is 48.6 Å². The molecule has 0 unspecified atom stereocenters. The molecule has 6 nitrogen and oxygen atoms in total. The molecule has 0 aromatic rings. The quantitative estimate of drug-likeness (QED) is 0.685. The van der Waals surface area contributed by atoms with E-state index in [0.717, 1.165) is 12.8 Å². The van der Waals surface area contributed by atoms with E-state index in [1.54, 1.807) is 13.8 Å². The van der Waals surface area contributed by atoms with Gasteiger partial charge in [-0.2, -0.15) is 0 Å². The SMILES string of the molecule is CCOC(=O)[C@@H]1C[C@H]1CO.CCOC(=O)[C@H]1C[C@@H]1CO. The van der Waals surface area contributed by atoms with Gasteiger partial charge in [-0.05, 0) is 38.5 Å². The van der Waals surface area contributed by atoms with E-state index in [4.69, 9.17) is 19.7 Å². The predicted molar refractivity (Wildman–Crippen MR) is 70.6 cm³/mol. The first-order chi connectivity index (χ1) is 9.58. The summed E-state index contributed by atoms with van der Waals surface area (Å²) in [7, 11) is 0. The summed E-state index contributed by atoms with van der Waals surface area (Å²) in [6, 6.07) is 0. The fourth-order valence-corrected chi connectivity index (χ4v) is 1.97. The Bertz CT molecular complexity index is 298. The Hall–Kier alpha value is -1.14. The first-order valence-electron chi connectivity index (χ1n) is 7.13. The lowest BCUT2D eigenvalue weighted by molar-refractivity contribution is -0.146. The lowest BCUT2D eigenvalue weighted by atomic mass is 10.3. The van der Waals surface area contributed by atoms with Gasteiger partial charge in [0.05, 0.1) is 25.0 Å². The lowest BCUT2D eigenvalue weighted by Gasteiger charge is -1.97. The summed E-state index contributed by atoms with van der Waals surface area (Å²) in [5.74, 6) is 0.0381. The number of esters is 2. The molecule has 2 fully saturated rings. The van der Waals surface area contributed by atoms with Crippen molar-refractivity contribution in [1.29, 1.82) is 0 Å². The van der Waals surface area contributed by atoms with Crippen molar-refractivity contribution in [3.63, 3.8) is 0 Å². The molecule has 0 heterocycles. The van der Waals surface area contributed by atoms with Crippen LogP contribution in [0.4, 0.5) is 0 Å². The zero-order valence-corrected chi connectivity index (χ0v) is 12.1. The Morgan fingerprint density at radius 1 is 0.900 bits per heavy atom. The summed E-state index contributed by atoms with van der Waals surface area (Å²) in [6.45, 7) is 4.68. The topological polar surface area (TPSA) is 93.1 Å². The standard InChI is InChI=1S/2C7H12O3/c2*1-2-10-7(9)6-3-5(6)4-8/h2*5-6,8H,2-4H2,1H3/t2*5-,6+/m10/s1. The van der Waals surface area contributed by atoms with Gasteiger partial charge in [-0.3, -0.25) is 9.59 Å². The Labute approximate surface area is 119 Å². The number of carbonyl (C=O) groups is 2. The molecule has 4 atom stereocenters. The first-order valence-corrected chi connectivity index (χ1v) is 7.13. The third-order valence-corrected chi connectivity index (χ3v) is 3.49. The highest BCUT2D eigenvalue weighted by Crippen LogP contribution is 2.39. The van der Waals surface area contributed by atoms with Gasteiger partial charge in [0.1, 0.15) is 0 Å². The largest absolute Gasteiger partial charge is 0.466 e. The van der Waals surface area contributed by atoms with Gasteiger partial charge in [-0.1, -0.05) is 0 Å². The number of aliphatic hydroxyl groups is 2. The van der Waals surface area contributed by atoms with E-state index >= 15 is 0 Å². The molecule has 2 N–H and O–H groups in total. The lowest BCUT2D eigenvalue weighted by Crippen LogP contribution is -2.08. The summed E-state index contributed by atoms with van der Waals surface area (Å²) in [5, 5.41) is 17.2. The van der Waals surface area contributed by atoms with Gasteiger partial charge in [0.15, 0.2) is 0 Å². The second-order valence-electron chi connectivity index (χ2n) is 5.07. The van der Waals surface area contributed by atoms with Crippen molar-refractivity contribution in [3.05, 3.63) is 0 Å². The molecule has 116 valence electrons. The minimum Gasteiger partial charge on any atom is -0.466 e. The molecule has 0 saturated heterocycles. The van der Waals surface area contributed by atoms with Crippen LogP contribution in [0, 0.1) is 23.7 Å². The molecular weight excluding hydrogens is 264 g/mol. The van der Waals surface area contributed by atoms with Crippen molar-refractivity contribution in [2.45, 2.75) is 26.7 Å². The Balaban J connectivity index is 0.000000200. The monoisotopic (exact) mass is 288 g/mol. The molecule has 0 spiro atoms. The molecule has 2 rings (SSSR count). The molecular formula is C14H24O6. The Kier molecular flexibility index (Phi) is 6.95. The molecule has 0 aliphatic heterocycles. The minimum absolute atomic E-state index is 0.00931. The van der Waals surface area contributed by atoms with Crippen molar-refractivity contribution in [2.24, 2.45) is 23.7 Å². The van der Waals surface area contributed by atoms with E-state index in [9.17, 15) is 9.59 Å². The van der Waals surface area contributed by atoms with E-state index in [-0.39, 0.29) is 48.8 Å². The van der Waals surface area contributed by atoms with Gasteiger partial charge in [0.25, 0.3) is 0 Å². The van der Waals surface area contributed by atoms with E-state index in [0.29, 0.717) is 13.2 Å². The summed E-state index contributed by atoms with van der Waals surface area (Å²) in [5.41, 5.74) is 0. The highest BCUT2D eigenvalue weighted by molar-refractivity contribution is 5.76. The number of hydrogen-bond donors (Lipinski definition) is 2. The van der Waals surface area contributed by atoms with Crippen molar-refractivity contribution in [3.8, 4) is 0 Å². The summed E-state index contributed by atoms with van der Waals surface area (Å²) in [4.78, 5) is 21.7. The number of rotatable bonds is 6. The molecule has 0 aromatic carbocycles. The third kappa shape index (κ3) is 5.09. The average Bonchev–Trinajstić information content (AvgIpc) is 3.32. The van der Waals surface area contributed by atoms with Gasteiger partial charge < -0.3 is 19.7 Å². The smallest absolute Gasteiger partial charge is 0.309 e. The van der Waals surface area contributed by atoms with Crippen molar-refractivity contribution < 1.29 is 29.3 Å². The van der Waals surface area contributed by atoms with E-state index in [2.05, 4.69) is 0 Å². The van der Waals surface area contributed by atoms with E-state index in [1.807, 2.05) is 0 Å². The summed E-state index contributed by atoms with van der Waals surface area (Å²) < 4.78 is 9.50. The average molecular weight is 288 g/mol. The number of hydrogen-bond acceptors (Lipinski definition) is 6. The maximum Gasteiger partial charge on any atom is 0.309 e. The van der Waals surface area contributed by atoms with Gasteiger partial charge >= 0.3 is 11.9 Å². The zero-order valence-electron chi connectivity index (χ0n) is 12.1. The van der Waals surface area contributed by atoms with Crippen LogP contribution >= 0.6 is 0 Å². The molecule has 0 aromatic heterocycles. The second kappa shape index (κ2) is 8.21. The molecule has 0 amide bonds. The molecule has 2 aliphatic carbocycles.